The second-order valence-electron chi connectivity index (χ2n) is 5.88. The molecule has 21 heavy (non-hydrogen) atoms. The summed E-state index contributed by atoms with van der Waals surface area (Å²) in [7, 11) is 2.04. The number of nitrogens with one attached hydrogen (secondary N) is 1. The monoisotopic (exact) mass is 354 g/mol. The molecule has 2 atom stereocenters. The van der Waals surface area contributed by atoms with Crippen molar-refractivity contribution in [2.75, 3.05) is 26.7 Å². The molecule has 1 saturated heterocycles. The Morgan fingerprint density at radius 2 is 2.10 bits per heavy atom. The van der Waals surface area contributed by atoms with Gasteiger partial charge < -0.3 is 15.3 Å². The minimum absolute atomic E-state index is 0.309. The second kappa shape index (κ2) is 8.89. The number of likely N-dealkylation sites (tertiary alicyclic amines) is 1. The summed E-state index contributed by atoms with van der Waals surface area (Å²) in [5, 5.41) is 12.7. The first-order valence-electron chi connectivity index (χ1n) is 8.02. The Morgan fingerprint density at radius 3 is 2.76 bits per heavy atom. The van der Waals surface area contributed by atoms with Crippen molar-refractivity contribution in [3.8, 4) is 0 Å². The van der Waals surface area contributed by atoms with Crippen LogP contribution >= 0.6 is 15.9 Å². The topological polar surface area (TPSA) is 35.5 Å². The molecule has 1 fully saturated rings. The first kappa shape index (κ1) is 16.9. The van der Waals surface area contributed by atoms with Gasteiger partial charge in [-0.1, -0.05) is 34.5 Å². The molecule has 0 bridgehead atoms. The van der Waals surface area contributed by atoms with Crippen molar-refractivity contribution in [3.05, 3.63) is 34.3 Å². The number of piperidine rings is 1. The summed E-state index contributed by atoms with van der Waals surface area (Å²) < 4.78 is 1.13. The van der Waals surface area contributed by atoms with Gasteiger partial charge in [0, 0.05) is 29.7 Å². The summed E-state index contributed by atoms with van der Waals surface area (Å²) in [6.07, 6.45) is 5.87. The lowest BCUT2D eigenvalue weighted by Gasteiger charge is -2.36. The van der Waals surface area contributed by atoms with Crippen LogP contribution in [0.25, 0.3) is 0 Å². The van der Waals surface area contributed by atoms with Crippen LogP contribution in [0, 0.1) is 0 Å². The van der Waals surface area contributed by atoms with Crippen LogP contribution in [0.3, 0.4) is 0 Å². The molecule has 0 saturated carbocycles. The molecule has 1 aromatic carbocycles. The summed E-state index contributed by atoms with van der Waals surface area (Å²) in [4.78, 5) is 2.57. The maximum Gasteiger partial charge on any atom is 0.0445 e. The molecule has 0 amide bonds. The number of benzene rings is 1. The van der Waals surface area contributed by atoms with E-state index in [-0.39, 0.29) is 0 Å². The van der Waals surface area contributed by atoms with Crippen molar-refractivity contribution in [1.29, 1.82) is 0 Å². The largest absolute Gasteiger partial charge is 0.396 e. The highest BCUT2D eigenvalue weighted by Gasteiger charge is 2.22. The van der Waals surface area contributed by atoms with E-state index in [4.69, 9.17) is 0 Å². The van der Waals surface area contributed by atoms with E-state index in [1.807, 2.05) is 7.05 Å². The van der Waals surface area contributed by atoms with Gasteiger partial charge in [0.2, 0.25) is 0 Å². The SMILES string of the molecule is CNC(CCN1CCCCC1CCO)c1ccc(Br)cc1. The van der Waals surface area contributed by atoms with Gasteiger partial charge in [-0.05, 0) is 57.0 Å². The fourth-order valence-corrected chi connectivity index (χ4v) is 3.56. The molecule has 0 aromatic heterocycles. The van der Waals surface area contributed by atoms with Gasteiger partial charge in [0.05, 0.1) is 0 Å². The maximum absolute atomic E-state index is 9.22. The summed E-state index contributed by atoms with van der Waals surface area (Å²) in [5.74, 6) is 0. The predicted octanol–water partition coefficient (Wildman–Crippen LogP) is 3.34. The number of rotatable bonds is 7. The van der Waals surface area contributed by atoms with E-state index in [1.165, 1.54) is 31.4 Å². The third kappa shape index (κ3) is 5.06. The Bertz CT molecular complexity index is 408. The summed E-state index contributed by atoms with van der Waals surface area (Å²) in [5.41, 5.74) is 1.34. The van der Waals surface area contributed by atoms with Gasteiger partial charge in [0.1, 0.15) is 0 Å². The second-order valence-corrected chi connectivity index (χ2v) is 6.80. The summed E-state index contributed by atoms with van der Waals surface area (Å²) >= 11 is 3.49. The highest BCUT2D eigenvalue weighted by molar-refractivity contribution is 9.10. The minimum Gasteiger partial charge on any atom is -0.396 e. The first-order valence-corrected chi connectivity index (χ1v) is 8.81. The van der Waals surface area contributed by atoms with Gasteiger partial charge in [-0.2, -0.15) is 0 Å². The van der Waals surface area contributed by atoms with Crippen LogP contribution in [0.4, 0.5) is 0 Å². The molecular weight excluding hydrogens is 328 g/mol. The number of hydrogen-bond acceptors (Lipinski definition) is 3. The Kier molecular flexibility index (Phi) is 7.17. The quantitative estimate of drug-likeness (QED) is 0.788. The Balaban J connectivity index is 1.90. The molecule has 0 aliphatic carbocycles. The normalized spacial score (nSPS) is 21.4. The van der Waals surface area contributed by atoms with E-state index in [1.54, 1.807) is 0 Å². The van der Waals surface area contributed by atoms with E-state index in [2.05, 4.69) is 50.4 Å². The molecule has 3 nitrogen and oxygen atoms in total. The Morgan fingerprint density at radius 1 is 1.33 bits per heavy atom. The van der Waals surface area contributed by atoms with Crippen molar-refractivity contribution < 1.29 is 5.11 Å². The minimum atomic E-state index is 0.309. The smallest absolute Gasteiger partial charge is 0.0445 e. The van der Waals surface area contributed by atoms with E-state index >= 15 is 0 Å². The van der Waals surface area contributed by atoms with Crippen LogP contribution < -0.4 is 5.32 Å². The molecule has 2 rings (SSSR count). The molecule has 118 valence electrons. The van der Waals surface area contributed by atoms with Crippen LogP contribution in [-0.2, 0) is 0 Å². The number of nitrogens with zero attached hydrogens (tertiary/aromatic N) is 1. The number of aliphatic hydroxyl groups excluding tert-OH is 1. The fourth-order valence-electron chi connectivity index (χ4n) is 3.30. The molecule has 1 heterocycles. The van der Waals surface area contributed by atoms with Crippen LogP contribution in [-0.4, -0.2) is 42.8 Å². The molecule has 1 aliphatic heterocycles. The van der Waals surface area contributed by atoms with Crippen molar-refractivity contribution in [2.45, 2.75) is 44.2 Å². The molecule has 2 unspecified atom stereocenters. The van der Waals surface area contributed by atoms with Gasteiger partial charge in [-0.15, -0.1) is 0 Å². The lowest BCUT2D eigenvalue weighted by molar-refractivity contribution is 0.114. The van der Waals surface area contributed by atoms with Gasteiger partial charge in [-0.25, -0.2) is 0 Å². The molecule has 1 aliphatic rings. The van der Waals surface area contributed by atoms with Crippen molar-refractivity contribution in [1.82, 2.24) is 10.2 Å². The molecule has 2 N–H and O–H groups in total. The van der Waals surface area contributed by atoms with E-state index in [0.29, 0.717) is 18.7 Å². The highest BCUT2D eigenvalue weighted by atomic mass is 79.9. The average Bonchev–Trinajstić information content (AvgIpc) is 2.51. The number of hydrogen-bond donors (Lipinski definition) is 2. The van der Waals surface area contributed by atoms with Gasteiger partial charge >= 0.3 is 0 Å². The van der Waals surface area contributed by atoms with Gasteiger partial charge in [0.25, 0.3) is 0 Å². The third-order valence-electron chi connectivity index (χ3n) is 4.54. The van der Waals surface area contributed by atoms with Crippen molar-refractivity contribution >= 4 is 15.9 Å². The number of halogens is 1. The number of aliphatic hydroxyl groups is 1. The first-order chi connectivity index (χ1) is 10.2. The maximum atomic E-state index is 9.22. The zero-order chi connectivity index (χ0) is 15.1. The molecule has 1 aromatic rings. The van der Waals surface area contributed by atoms with E-state index in [9.17, 15) is 5.11 Å². The molecule has 0 spiro atoms. The Hall–Kier alpha value is -0.420. The van der Waals surface area contributed by atoms with E-state index in [0.717, 1.165) is 23.9 Å². The summed E-state index contributed by atoms with van der Waals surface area (Å²) in [6.45, 7) is 2.59. The van der Waals surface area contributed by atoms with Gasteiger partial charge in [-0.3, -0.25) is 0 Å². The van der Waals surface area contributed by atoms with Crippen molar-refractivity contribution in [3.63, 3.8) is 0 Å². The highest BCUT2D eigenvalue weighted by Crippen LogP contribution is 2.23. The summed E-state index contributed by atoms with van der Waals surface area (Å²) in [6, 6.07) is 9.56. The van der Waals surface area contributed by atoms with Crippen molar-refractivity contribution in [2.24, 2.45) is 0 Å². The average molecular weight is 355 g/mol. The lowest BCUT2D eigenvalue weighted by atomic mass is 9.97. The van der Waals surface area contributed by atoms with E-state index < -0.39 is 0 Å². The predicted molar refractivity (Wildman–Crippen MR) is 91.5 cm³/mol. The lowest BCUT2D eigenvalue weighted by Crippen LogP contribution is -2.41. The van der Waals surface area contributed by atoms with Gasteiger partial charge in [0.15, 0.2) is 0 Å². The van der Waals surface area contributed by atoms with Crippen LogP contribution in [0.1, 0.15) is 43.7 Å². The van der Waals surface area contributed by atoms with Crippen LogP contribution in [0.2, 0.25) is 0 Å². The van der Waals surface area contributed by atoms with Crippen LogP contribution in [0.5, 0.6) is 0 Å². The zero-order valence-corrected chi connectivity index (χ0v) is 14.5. The fraction of sp³-hybridized carbons (Fsp3) is 0.647. The molecular formula is C17H27BrN2O. The molecule has 4 heteroatoms. The molecule has 0 radical (unpaired) electrons. The zero-order valence-electron chi connectivity index (χ0n) is 12.9. The third-order valence-corrected chi connectivity index (χ3v) is 5.07. The standard InChI is InChI=1S/C17H27BrN2O/c1-19-17(14-5-7-15(18)8-6-14)9-12-20-11-3-2-4-16(20)10-13-21/h5-8,16-17,19,21H,2-4,9-13H2,1H3. The Labute approximate surface area is 136 Å². The van der Waals surface area contributed by atoms with Crippen LogP contribution in [0.15, 0.2) is 28.7 Å².